The normalized spacial score (nSPS) is 14.9. The van der Waals surface area contributed by atoms with Gasteiger partial charge in [0.2, 0.25) is 0 Å². The zero-order valence-electron chi connectivity index (χ0n) is 58.8. The van der Waals surface area contributed by atoms with Gasteiger partial charge in [0, 0.05) is 25.7 Å². The lowest BCUT2D eigenvalue weighted by atomic mass is 9.99. The minimum absolute atomic E-state index is 0.104. The Balaban J connectivity index is 5.26. The van der Waals surface area contributed by atoms with E-state index in [1.165, 1.54) is 154 Å². The highest BCUT2D eigenvalue weighted by Gasteiger charge is 2.30. The molecular formula is C71H138O17P2. The van der Waals surface area contributed by atoms with E-state index in [1.54, 1.807) is 0 Å². The maximum Gasteiger partial charge on any atom is 0.472 e. The Kier molecular flexibility index (Phi) is 59.4. The number of aliphatic hydroxyl groups is 1. The Morgan fingerprint density at radius 1 is 0.311 bits per heavy atom. The molecule has 90 heavy (non-hydrogen) atoms. The number of phosphoric ester groups is 2. The minimum Gasteiger partial charge on any atom is -0.462 e. The molecule has 17 nitrogen and oxygen atoms in total. The summed E-state index contributed by atoms with van der Waals surface area (Å²) in [5.41, 5.74) is 0. The van der Waals surface area contributed by atoms with Gasteiger partial charge in [-0.15, -0.1) is 0 Å². The van der Waals surface area contributed by atoms with Crippen molar-refractivity contribution in [2.45, 2.75) is 369 Å². The largest absolute Gasteiger partial charge is 0.472 e. The monoisotopic (exact) mass is 1320 g/mol. The molecule has 0 aliphatic carbocycles. The number of aliphatic hydroxyl groups excluding tert-OH is 1. The predicted molar refractivity (Wildman–Crippen MR) is 363 cm³/mol. The molecule has 0 heterocycles. The zero-order chi connectivity index (χ0) is 66.8. The SMILES string of the molecule is CCC(C)CCCCCCCCCCCCC(=O)OC[C@H](COP(=O)(O)OCC(O)COP(=O)(O)OC[C@@H](COC(=O)CCCCCCCCCCC(C)C)OC(=O)CCCCCCCCCCCCC(C)CC)OC(=O)CCCCCCCCCCC(C)C. The third kappa shape index (κ3) is 62.2. The average Bonchev–Trinajstić information content (AvgIpc) is 3.02. The Morgan fingerprint density at radius 2 is 0.533 bits per heavy atom. The van der Waals surface area contributed by atoms with Crippen LogP contribution in [0.3, 0.4) is 0 Å². The van der Waals surface area contributed by atoms with Crippen LogP contribution in [-0.4, -0.2) is 96.7 Å². The summed E-state index contributed by atoms with van der Waals surface area (Å²) < 4.78 is 68.3. The fourth-order valence-electron chi connectivity index (χ4n) is 10.6. The van der Waals surface area contributed by atoms with Crippen LogP contribution in [0.25, 0.3) is 0 Å². The number of carbonyl (C=O) groups is 4. The molecule has 7 atom stereocenters. The molecule has 5 unspecified atom stereocenters. The highest BCUT2D eigenvalue weighted by atomic mass is 31.2. The van der Waals surface area contributed by atoms with E-state index >= 15 is 0 Å². The molecule has 0 fully saturated rings. The number of phosphoric acid groups is 2. The Bertz CT molecular complexity index is 1790. The van der Waals surface area contributed by atoms with Gasteiger partial charge in [0.05, 0.1) is 26.4 Å². The van der Waals surface area contributed by atoms with E-state index in [4.69, 9.17) is 37.0 Å². The van der Waals surface area contributed by atoms with E-state index in [0.717, 1.165) is 114 Å². The second-order valence-corrected chi connectivity index (χ2v) is 30.0. The number of esters is 4. The van der Waals surface area contributed by atoms with Crippen molar-refractivity contribution in [3.63, 3.8) is 0 Å². The van der Waals surface area contributed by atoms with E-state index in [9.17, 15) is 43.2 Å². The van der Waals surface area contributed by atoms with Crippen LogP contribution in [-0.2, 0) is 65.4 Å². The molecule has 19 heteroatoms. The van der Waals surface area contributed by atoms with Crippen molar-refractivity contribution in [3.05, 3.63) is 0 Å². The highest BCUT2D eigenvalue weighted by molar-refractivity contribution is 7.47. The molecule has 0 saturated heterocycles. The number of unbranched alkanes of at least 4 members (excludes halogenated alkanes) is 32. The summed E-state index contributed by atoms with van der Waals surface area (Å²) in [6.07, 6.45) is 42.9. The first kappa shape index (κ1) is 88.1. The van der Waals surface area contributed by atoms with E-state index in [0.29, 0.717) is 25.7 Å². The molecule has 534 valence electrons. The summed E-state index contributed by atoms with van der Waals surface area (Å²) in [6.45, 7) is 14.1. The van der Waals surface area contributed by atoms with Crippen LogP contribution in [0.2, 0.25) is 0 Å². The third-order valence-corrected chi connectivity index (χ3v) is 18.9. The lowest BCUT2D eigenvalue weighted by Gasteiger charge is -2.21. The molecule has 0 spiro atoms. The van der Waals surface area contributed by atoms with Crippen molar-refractivity contribution in [2.24, 2.45) is 23.7 Å². The van der Waals surface area contributed by atoms with Gasteiger partial charge in [-0.1, -0.05) is 299 Å². The second kappa shape index (κ2) is 60.7. The first-order valence-electron chi connectivity index (χ1n) is 36.8. The molecule has 0 aliphatic heterocycles. The molecule has 0 aromatic carbocycles. The van der Waals surface area contributed by atoms with Crippen molar-refractivity contribution < 1.29 is 80.2 Å². The van der Waals surface area contributed by atoms with Gasteiger partial charge in [-0.05, 0) is 49.4 Å². The molecule has 0 aliphatic rings. The third-order valence-electron chi connectivity index (χ3n) is 17.0. The number of carbonyl (C=O) groups excluding carboxylic acids is 4. The fourth-order valence-corrected chi connectivity index (χ4v) is 12.2. The van der Waals surface area contributed by atoms with E-state index in [1.807, 2.05) is 0 Å². The van der Waals surface area contributed by atoms with Gasteiger partial charge in [-0.2, -0.15) is 0 Å². The quantitative estimate of drug-likeness (QED) is 0.0222. The second-order valence-electron chi connectivity index (χ2n) is 27.1. The highest BCUT2D eigenvalue weighted by Crippen LogP contribution is 2.45. The van der Waals surface area contributed by atoms with Crippen molar-refractivity contribution in [3.8, 4) is 0 Å². The average molecular weight is 1330 g/mol. The summed E-state index contributed by atoms with van der Waals surface area (Å²) in [5.74, 6) is 0.928. The molecule has 0 radical (unpaired) electrons. The summed E-state index contributed by atoms with van der Waals surface area (Å²) in [6, 6.07) is 0. The summed E-state index contributed by atoms with van der Waals surface area (Å²) in [4.78, 5) is 72.6. The molecule has 0 amide bonds. The summed E-state index contributed by atoms with van der Waals surface area (Å²) in [7, 11) is -9.90. The number of hydrogen-bond acceptors (Lipinski definition) is 15. The lowest BCUT2D eigenvalue weighted by Crippen LogP contribution is -2.30. The fraction of sp³-hybridized carbons (Fsp3) is 0.944. The standard InChI is InChI=1S/C71H138O17P2/c1-9-63(7)49-41-33-25-15-11-13-17-27-35-43-51-68(73)81-57-67(88-71(76)54-46-38-30-22-20-24-32-40-48-62(5)6)60-86-90(79,80)84-56-65(72)55-83-89(77,78)85-59-66(58-82-69(74)52-44-36-28-21-19-23-31-39-47-61(3)4)87-70(75)53-45-37-29-18-14-12-16-26-34-42-50-64(8)10-2/h61-67,72H,9-60H2,1-8H3,(H,77,78)(H,79,80)/t63?,64?,65?,66-,67-/m1/s1. The smallest absolute Gasteiger partial charge is 0.462 e. The summed E-state index contributed by atoms with van der Waals surface area (Å²) >= 11 is 0. The molecule has 3 N–H and O–H groups in total. The molecule has 0 aromatic heterocycles. The summed E-state index contributed by atoms with van der Waals surface area (Å²) in [5, 5.41) is 10.6. The molecule has 0 bridgehead atoms. The van der Waals surface area contributed by atoms with Crippen LogP contribution >= 0.6 is 15.6 Å². The van der Waals surface area contributed by atoms with Gasteiger partial charge >= 0.3 is 39.5 Å². The van der Waals surface area contributed by atoms with Crippen molar-refractivity contribution in [2.75, 3.05) is 39.6 Å². The van der Waals surface area contributed by atoms with Crippen LogP contribution in [0, 0.1) is 23.7 Å². The van der Waals surface area contributed by atoms with Crippen LogP contribution in [0.5, 0.6) is 0 Å². The topological polar surface area (TPSA) is 237 Å². The van der Waals surface area contributed by atoms with Crippen LogP contribution in [0.15, 0.2) is 0 Å². The van der Waals surface area contributed by atoms with E-state index in [-0.39, 0.29) is 25.7 Å². The van der Waals surface area contributed by atoms with Gasteiger partial charge in [-0.3, -0.25) is 37.3 Å². The first-order chi connectivity index (χ1) is 43.2. The van der Waals surface area contributed by atoms with Gasteiger partial charge in [-0.25, -0.2) is 9.13 Å². The lowest BCUT2D eigenvalue weighted by molar-refractivity contribution is -0.161. The Morgan fingerprint density at radius 3 is 0.789 bits per heavy atom. The number of rotatable bonds is 68. The minimum atomic E-state index is -4.95. The van der Waals surface area contributed by atoms with E-state index < -0.39 is 97.5 Å². The molecule has 0 aromatic rings. The number of hydrogen-bond donors (Lipinski definition) is 3. The van der Waals surface area contributed by atoms with Crippen molar-refractivity contribution in [1.29, 1.82) is 0 Å². The van der Waals surface area contributed by atoms with Crippen molar-refractivity contribution in [1.82, 2.24) is 0 Å². The van der Waals surface area contributed by atoms with Crippen LogP contribution < -0.4 is 0 Å². The van der Waals surface area contributed by atoms with E-state index in [2.05, 4.69) is 55.4 Å². The van der Waals surface area contributed by atoms with Gasteiger partial charge in [0.25, 0.3) is 0 Å². The number of ether oxygens (including phenoxy) is 4. The van der Waals surface area contributed by atoms with Gasteiger partial charge < -0.3 is 33.8 Å². The zero-order valence-corrected chi connectivity index (χ0v) is 60.6. The Labute approximate surface area is 549 Å². The van der Waals surface area contributed by atoms with Crippen LogP contribution in [0.1, 0.15) is 351 Å². The first-order valence-corrected chi connectivity index (χ1v) is 39.8. The Hall–Kier alpha value is -1.94. The molecular weight excluding hydrogens is 1190 g/mol. The predicted octanol–water partition coefficient (Wildman–Crippen LogP) is 20.1. The van der Waals surface area contributed by atoms with Gasteiger partial charge in [0.1, 0.15) is 19.3 Å². The maximum absolute atomic E-state index is 13.0. The van der Waals surface area contributed by atoms with Crippen molar-refractivity contribution >= 4 is 39.5 Å². The molecule has 0 rings (SSSR count). The molecule has 0 saturated carbocycles. The van der Waals surface area contributed by atoms with Gasteiger partial charge in [0.15, 0.2) is 12.2 Å². The maximum atomic E-state index is 13.0. The van der Waals surface area contributed by atoms with Crippen LogP contribution in [0.4, 0.5) is 0 Å².